The summed E-state index contributed by atoms with van der Waals surface area (Å²) in [6.07, 6.45) is 0.643. The summed E-state index contributed by atoms with van der Waals surface area (Å²) in [7, 11) is 0. The van der Waals surface area contributed by atoms with Gasteiger partial charge in [-0.05, 0) is 32.4 Å². The van der Waals surface area contributed by atoms with Crippen LogP contribution in [0.25, 0.3) is 0 Å². The van der Waals surface area contributed by atoms with E-state index in [1.54, 1.807) is 23.2 Å². The molecule has 0 spiro atoms. The highest BCUT2D eigenvalue weighted by Gasteiger charge is 2.33. The molecule has 1 fully saturated rings. The number of β-amino-alcohol motifs (C(OH)–C–C–N with tert-alkyl or cyclic N) is 1. The van der Waals surface area contributed by atoms with Gasteiger partial charge >= 0.3 is 6.03 Å². The quantitative estimate of drug-likeness (QED) is 0.789. The molecule has 1 aromatic rings. The molecule has 1 aliphatic rings. The van der Waals surface area contributed by atoms with Crippen LogP contribution in [0.1, 0.15) is 18.2 Å². The van der Waals surface area contributed by atoms with Gasteiger partial charge in [0.2, 0.25) is 0 Å². The molecule has 0 saturated carbocycles. The number of thiophene rings is 1. The van der Waals surface area contributed by atoms with E-state index in [1.807, 2.05) is 19.1 Å². The van der Waals surface area contributed by atoms with Crippen LogP contribution in [-0.2, 0) is 0 Å². The highest BCUT2D eigenvalue weighted by Crippen LogP contribution is 2.24. The van der Waals surface area contributed by atoms with Crippen LogP contribution in [0.2, 0.25) is 0 Å². The Kier molecular flexibility index (Phi) is 2.90. The van der Waals surface area contributed by atoms with E-state index in [0.29, 0.717) is 19.5 Å². The van der Waals surface area contributed by atoms with Crippen molar-refractivity contribution in [1.82, 2.24) is 4.90 Å². The molecule has 2 rings (SSSR count). The molecule has 0 radical (unpaired) electrons. The summed E-state index contributed by atoms with van der Waals surface area (Å²) in [5, 5.41) is 13.5. The summed E-state index contributed by atoms with van der Waals surface area (Å²) >= 11 is 1.55. The summed E-state index contributed by atoms with van der Waals surface area (Å²) in [5.41, 5.74) is -0.733. The molecule has 2 amide bonds. The molecular weight excluding hydrogens is 224 g/mol. The number of rotatable bonds is 1. The second-order valence-corrected chi connectivity index (χ2v) is 5.80. The third kappa shape index (κ3) is 2.54. The molecule has 4 nitrogen and oxygen atoms in total. The summed E-state index contributed by atoms with van der Waals surface area (Å²) in [5.74, 6) is 0. The highest BCUT2D eigenvalue weighted by atomic mass is 32.1. The number of likely N-dealkylation sites (tertiary alicyclic amines) is 1. The van der Waals surface area contributed by atoms with E-state index in [1.165, 1.54) is 4.88 Å². The summed E-state index contributed by atoms with van der Waals surface area (Å²) in [6.45, 7) is 4.78. The van der Waals surface area contributed by atoms with E-state index in [2.05, 4.69) is 5.32 Å². The van der Waals surface area contributed by atoms with Crippen molar-refractivity contribution in [2.45, 2.75) is 25.9 Å². The van der Waals surface area contributed by atoms with Crippen molar-refractivity contribution in [1.29, 1.82) is 0 Å². The van der Waals surface area contributed by atoms with Crippen molar-refractivity contribution in [2.75, 3.05) is 18.4 Å². The van der Waals surface area contributed by atoms with Crippen LogP contribution in [0.5, 0.6) is 0 Å². The molecule has 1 aliphatic heterocycles. The minimum atomic E-state index is -0.733. The molecule has 0 aliphatic carbocycles. The van der Waals surface area contributed by atoms with Crippen molar-refractivity contribution >= 4 is 22.4 Å². The van der Waals surface area contributed by atoms with Gasteiger partial charge in [-0.15, -0.1) is 11.3 Å². The van der Waals surface area contributed by atoms with Crippen molar-refractivity contribution in [3.8, 4) is 0 Å². The zero-order chi connectivity index (χ0) is 11.8. The van der Waals surface area contributed by atoms with Crippen LogP contribution < -0.4 is 5.32 Å². The van der Waals surface area contributed by atoms with Crippen LogP contribution in [-0.4, -0.2) is 34.7 Å². The lowest BCUT2D eigenvalue weighted by Gasteiger charge is -2.18. The summed E-state index contributed by atoms with van der Waals surface area (Å²) in [6, 6.07) is 3.74. The molecule has 0 bridgehead atoms. The molecule has 2 N–H and O–H groups in total. The second kappa shape index (κ2) is 4.07. The Labute approximate surface area is 98.9 Å². The summed E-state index contributed by atoms with van der Waals surface area (Å²) in [4.78, 5) is 14.6. The fourth-order valence-electron chi connectivity index (χ4n) is 1.80. The van der Waals surface area contributed by atoms with Crippen LogP contribution in [0.4, 0.5) is 9.80 Å². The Morgan fingerprint density at radius 2 is 2.38 bits per heavy atom. The molecule has 5 heteroatoms. The number of amides is 2. The van der Waals surface area contributed by atoms with Gasteiger partial charge in [0.1, 0.15) is 0 Å². The molecular formula is C11H16N2O2S. The number of carbonyl (C=O) groups excluding carboxylic acids is 1. The molecule has 88 valence electrons. The maximum absolute atomic E-state index is 11.8. The van der Waals surface area contributed by atoms with Crippen molar-refractivity contribution in [3.05, 3.63) is 17.0 Å². The van der Waals surface area contributed by atoms with E-state index in [0.717, 1.165) is 5.00 Å². The lowest BCUT2D eigenvalue weighted by atomic mass is 10.1. The zero-order valence-corrected chi connectivity index (χ0v) is 10.3. The van der Waals surface area contributed by atoms with Gasteiger partial charge in [0, 0.05) is 11.4 Å². The third-order valence-corrected chi connectivity index (χ3v) is 3.63. The SMILES string of the molecule is Cc1ccc(NC(=O)N2CC[C@](C)(O)C2)s1. The van der Waals surface area contributed by atoms with Gasteiger partial charge in [-0.1, -0.05) is 0 Å². The minimum absolute atomic E-state index is 0.125. The molecule has 16 heavy (non-hydrogen) atoms. The maximum Gasteiger partial charge on any atom is 0.322 e. The Bertz CT molecular complexity index is 400. The van der Waals surface area contributed by atoms with Gasteiger partial charge < -0.3 is 10.0 Å². The number of urea groups is 1. The fraction of sp³-hybridized carbons (Fsp3) is 0.545. The number of hydrogen-bond acceptors (Lipinski definition) is 3. The smallest absolute Gasteiger partial charge is 0.322 e. The maximum atomic E-state index is 11.8. The van der Waals surface area contributed by atoms with Gasteiger partial charge in [0.05, 0.1) is 17.1 Å². The lowest BCUT2D eigenvalue weighted by molar-refractivity contribution is 0.0727. The minimum Gasteiger partial charge on any atom is -0.388 e. The number of nitrogens with one attached hydrogen (secondary N) is 1. The summed E-state index contributed by atoms with van der Waals surface area (Å²) < 4.78 is 0. The van der Waals surface area contributed by atoms with Crippen LogP contribution in [0.15, 0.2) is 12.1 Å². The Hall–Kier alpha value is -1.07. The number of hydrogen-bond donors (Lipinski definition) is 2. The molecule has 1 atom stereocenters. The van der Waals surface area contributed by atoms with E-state index in [9.17, 15) is 9.90 Å². The van der Waals surface area contributed by atoms with Gasteiger partial charge in [-0.3, -0.25) is 5.32 Å². The first-order valence-electron chi connectivity index (χ1n) is 5.31. The third-order valence-electron chi connectivity index (χ3n) is 2.71. The van der Waals surface area contributed by atoms with Crippen molar-refractivity contribution < 1.29 is 9.90 Å². The van der Waals surface area contributed by atoms with Crippen LogP contribution in [0, 0.1) is 6.92 Å². The van der Waals surface area contributed by atoms with Gasteiger partial charge in [0.15, 0.2) is 0 Å². The highest BCUT2D eigenvalue weighted by molar-refractivity contribution is 7.16. The molecule has 1 aromatic heterocycles. The van der Waals surface area contributed by atoms with E-state index < -0.39 is 5.60 Å². The Morgan fingerprint density at radius 1 is 1.62 bits per heavy atom. The molecule has 0 unspecified atom stereocenters. The lowest BCUT2D eigenvalue weighted by Crippen LogP contribution is -2.36. The first-order chi connectivity index (χ1) is 7.46. The monoisotopic (exact) mass is 240 g/mol. The average Bonchev–Trinajstić information content (AvgIpc) is 2.72. The zero-order valence-electron chi connectivity index (χ0n) is 9.49. The molecule has 0 aromatic carbocycles. The largest absolute Gasteiger partial charge is 0.388 e. The normalized spacial score (nSPS) is 24.8. The standard InChI is InChI=1S/C11H16N2O2S/c1-8-3-4-9(16-8)12-10(14)13-6-5-11(2,15)7-13/h3-4,15H,5-7H2,1-2H3,(H,12,14)/t11-/m0/s1. The van der Waals surface area contributed by atoms with Gasteiger partial charge in [-0.25, -0.2) is 4.79 Å². The first kappa shape index (κ1) is 11.4. The topological polar surface area (TPSA) is 52.6 Å². The van der Waals surface area contributed by atoms with Crippen molar-refractivity contribution in [2.24, 2.45) is 0 Å². The molecule has 2 heterocycles. The van der Waals surface area contributed by atoms with E-state index in [-0.39, 0.29) is 6.03 Å². The Balaban J connectivity index is 1.94. The fourth-order valence-corrected chi connectivity index (χ4v) is 2.56. The van der Waals surface area contributed by atoms with Crippen LogP contribution >= 0.6 is 11.3 Å². The molecule has 1 saturated heterocycles. The van der Waals surface area contributed by atoms with E-state index >= 15 is 0 Å². The Morgan fingerprint density at radius 3 is 2.88 bits per heavy atom. The number of aryl methyl sites for hydroxylation is 1. The number of anilines is 1. The van der Waals surface area contributed by atoms with E-state index in [4.69, 9.17) is 0 Å². The average molecular weight is 240 g/mol. The van der Waals surface area contributed by atoms with Gasteiger partial charge in [-0.2, -0.15) is 0 Å². The predicted molar refractivity (Wildman–Crippen MR) is 64.9 cm³/mol. The number of aliphatic hydroxyl groups is 1. The number of carbonyl (C=O) groups is 1. The number of nitrogens with zero attached hydrogens (tertiary/aromatic N) is 1. The first-order valence-corrected chi connectivity index (χ1v) is 6.13. The predicted octanol–water partition coefficient (Wildman–Crippen LogP) is 2.05. The van der Waals surface area contributed by atoms with Crippen molar-refractivity contribution in [3.63, 3.8) is 0 Å². The van der Waals surface area contributed by atoms with Crippen LogP contribution in [0.3, 0.4) is 0 Å². The second-order valence-electron chi connectivity index (χ2n) is 4.51. The van der Waals surface area contributed by atoms with Gasteiger partial charge in [0.25, 0.3) is 0 Å².